The van der Waals surface area contributed by atoms with E-state index in [4.69, 9.17) is 4.74 Å². The van der Waals surface area contributed by atoms with Gasteiger partial charge < -0.3 is 4.74 Å². The molecule has 1 N–H and O–H groups in total. The quantitative estimate of drug-likeness (QED) is 0.622. The smallest absolute Gasteiger partial charge is 0.280 e. The molecule has 0 aliphatic heterocycles. The van der Waals surface area contributed by atoms with Crippen molar-refractivity contribution in [2.24, 2.45) is 0 Å². The summed E-state index contributed by atoms with van der Waals surface area (Å²) in [6.45, 7) is 2.20. The summed E-state index contributed by atoms with van der Waals surface area (Å²) in [5.74, 6) is 0.779. The van der Waals surface area contributed by atoms with Crippen molar-refractivity contribution in [1.82, 2.24) is 14.6 Å². The summed E-state index contributed by atoms with van der Waals surface area (Å²) in [5, 5.41) is 2.99. The number of nitrogens with one attached hydrogen (secondary N) is 1. The average molecular weight is 331 g/mol. The van der Waals surface area contributed by atoms with Gasteiger partial charge in [0.25, 0.3) is 5.56 Å². The zero-order valence-corrected chi connectivity index (χ0v) is 13.8. The van der Waals surface area contributed by atoms with E-state index in [0.29, 0.717) is 23.5 Å². The lowest BCUT2D eigenvalue weighted by molar-refractivity contribution is 0.307. The van der Waals surface area contributed by atoms with Crippen LogP contribution in [-0.4, -0.2) is 14.6 Å². The molecular formula is C20H17N3O2. The van der Waals surface area contributed by atoms with Gasteiger partial charge in [-0.2, -0.15) is 0 Å². The van der Waals surface area contributed by atoms with Crippen LogP contribution in [0.1, 0.15) is 11.3 Å². The molecular weight excluding hydrogens is 314 g/mol. The van der Waals surface area contributed by atoms with Crippen molar-refractivity contribution < 1.29 is 4.74 Å². The van der Waals surface area contributed by atoms with Crippen LogP contribution in [0.25, 0.3) is 16.8 Å². The Morgan fingerprint density at radius 2 is 1.72 bits per heavy atom. The summed E-state index contributed by atoms with van der Waals surface area (Å²) in [4.78, 5) is 17.5. The minimum atomic E-state index is -0.111. The standard InChI is InChI=1S/C20H17N3O2/c1-14-18(15-8-4-2-5-9-15)20(24)23-19(22-14)16(12-21-23)13-25-17-10-6-3-7-11-17/h2-12,21H,13H2,1H3. The lowest BCUT2D eigenvalue weighted by atomic mass is 10.1. The highest BCUT2D eigenvalue weighted by Crippen LogP contribution is 2.20. The van der Waals surface area contributed by atoms with Crippen LogP contribution in [0.2, 0.25) is 0 Å². The minimum absolute atomic E-state index is 0.111. The van der Waals surface area contributed by atoms with E-state index >= 15 is 0 Å². The zero-order valence-electron chi connectivity index (χ0n) is 13.8. The maximum absolute atomic E-state index is 12.9. The SMILES string of the molecule is Cc1nc2c(COc3ccccc3)c[nH]n2c(=O)c1-c1ccccc1. The topological polar surface area (TPSA) is 59.4 Å². The van der Waals surface area contributed by atoms with Crippen molar-refractivity contribution in [3.05, 3.63) is 88.5 Å². The summed E-state index contributed by atoms with van der Waals surface area (Å²) in [7, 11) is 0. The molecule has 0 aliphatic rings. The van der Waals surface area contributed by atoms with Gasteiger partial charge in [0.2, 0.25) is 0 Å². The van der Waals surface area contributed by atoms with Crippen molar-refractivity contribution in [3.8, 4) is 16.9 Å². The van der Waals surface area contributed by atoms with Gasteiger partial charge in [-0.3, -0.25) is 9.89 Å². The Balaban J connectivity index is 1.74. The lowest BCUT2D eigenvalue weighted by Crippen LogP contribution is -2.19. The van der Waals surface area contributed by atoms with E-state index in [2.05, 4.69) is 10.1 Å². The fourth-order valence-corrected chi connectivity index (χ4v) is 2.89. The Morgan fingerprint density at radius 3 is 2.44 bits per heavy atom. The Bertz CT molecular complexity index is 1070. The van der Waals surface area contributed by atoms with Crippen LogP contribution in [0.15, 0.2) is 71.7 Å². The van der Waals surface area contributed by atoms with E-state index in [9.17, 15) is 4.79 Å². The number of nitrogens with zero attached hydrogens (tertiary/aromatic N) is 2. The molecule has 5 heteroatoms. The van der Waals surface area contributed by atoms with Crippen LogP contribution in [-0.2, 0) is 6.61 Å². The molecule has 2 aromatic heterocycles. The molecule has 5 nitrogen and oxygen atoms in total. The molecule has 25 heavy (non-hydrogen) atoms. The highest BCUT2D eigenvalue weighted by molar-refractivity contribution is 5.66. The maximum atomic E-state index is 12.9. The number of fused-ring (bicyclic) bond motifs is 1. The van der Waals surface area contributed by atoms with Crippen LogP contribution < -0.4 is 10.3 Å². The molecule has 2 aromatic carbocycles. The van der Waals surface area contributed by atoms with Crippen LogP contribution in [0.4, 0.5) is 0 Å². The maximum Gasteiger partial charge on any atom is 0.280 e. The van der Waals surface area contributed by atoms with Gasteiger partial charge >= 0.3 is 0 Å². The van der Waals surface area contributed by atoms with Crippen molar-refractivity contribution in [2.75, 3.05) is 0 Å². The Kier molecular flexibility index (Phi) is 3.82. The number of aromatic nitrogens is 3. The summed E-state index contributed by atoms with van der Waals surface area (Å²) in [6, 6.07) is 19.2. The first kappa shape index (κ1) is 15.2. The lowest BCUT2D eigenvalue weighted by Gasteiger charge is -2.07. The third-order valence-corrected chi connectivity index (χ3v) is 4.12. The number of benzene rings is 2. The number of para-hydroxylation sites is 1. The van der Waals surface area contributed by atoms with Gasteiger partial charge in [-0.15, -0.1) is 0 Å². The molecule has 0 spiro atoms. The first-order chi connectivity index (χ1) is 12.2. The Hall–Kier alpha value is -3.34. The van der Waals surface area contributed by atoms with Gasteiger partial charge in [0, 0.05) is 6.20 Å². The largest absolute Gasteiger partial charge is 0.489 e. The molecule has 0 radical (unpaired) electrons. The third-order valence-electron chi connectivity index (χ3n) is 4.12. The van der Waals surface area contributed by atoms with Gasteiger partial charge in [0.1, 0.15) is 12.4 Å². The van der Waals surface area contributed by atoms with E-state index in [0.717, 1.165) is 16.9 Å². The highest BCUT2D eigenvalue weighted by Gasteiger charge is 2.15. The van der Waals surface area contributed by atoms with E-state index in [1.165, 1.54) is 4.52 Å². The van der Waals surface area contributed by atoms with E-state index in [1.807, 2.05) is 67.6 Å². The zero-order chi connectivity index (χ0) is 17.2. The normalized spacial score (nSPS) is 10.9. The van der Waals surface area contributed by atoms with Gasteiger partial charge in [-0.25, -0.2) is 9.50 Å². The van der Waals surface area contributed by atoms with E-state index in [-0.39, 0.29) is 5.56 Å². The number of hydrogen-bond acceptors (Lipinski definition) is 3. The van der Waals surface area contributed by atoms with Crippen molar-refractivity contribution in [3.63, 3.8) is 0 Å². The van der Waals surface area contributed by atoms with E-state index < -0.39 is 0 Å². The predicted octanol–water partition coefficient (Wildman–Crippen LogP) is 3.58. The number of rotatable bonds is 4. The molecule has 124 valence electrons. The Morgan fingerprint density at radius 1 is 1.04 bits per heavy atom. The second-order valence-corrected chi connectivity index (χ2v) is 5.80. The molecule has 0 saturated heterocycles. The van der Waals surface area contributed by atoms with Crippen molar-refractivity contribution in [2.45, 2.75) is 13.5 Å². The van der Waals surface area contributed by atoms with Gasteiger partial charge in [0.15, 0.2) is 5.65 Å². The number of ether oxygens (including phenoxy) is 1. The van der Waals surface area contributed by atoms with Gasteiger partial charge in [-0.1, -0.05) is 48.5 Å². The summed E-state index contributed by atoms with van der Waals surface area (Å²) >= 11 is 0. The molecule has 4 rings (SSSR count). The van der Waals surface area contributed by atoms with Gasteiger partial charge in [0.05, 0.1) is 16.8 Å². The molecule has 0 aliphatic carbocycles. The molecule has 0 amide bonds. The van der Waals surface area contributed by atoms with E-state index in [1.54, 1.807) is 6.20 Å². The number of aromatic amines is 1. The molecule has 0 unspecified atom stereocenters. The highest BCUT2D eigenvalue weighted by atomic mass is 16.5. The fourth-order valence-electron chi connectivity index (χ4n) is 2.89. The summed E-state index contributed by atoms with van der Waals surface area (Å²) < 4.78 is 7.25. The molecule has 0 fully saturated rings. The molecule has 0 atom stereocenters. The first-order valence-electron chi connectivity index (χ1n) is 8.07. The number of H-pyrrole nitrogens is 1. The van der Waals surface area contributed by atoms with Crippen molar-refractivity contribution in [1.29, 1.82) is 0 Å². The molecule has 0 saturated carbocycles. The molecule has 2 heterocycles. The van der Waals surface area contributed by atoms with Crippen LogP contribution in [0.3, 0.4) is 0 Å². The average Bonchev–Trinajstić information content (AvgIpc) is 3.05. The third kappa shape index (κ3) is 2.80. The molecule has 4 aromatic rings. The van der Waals surface area contributed by atoms with Crippen LogP contribution in [0, 0.1) is 6.92 Å². The van der Waals surface area contributed by atoms with Crippen molar-refractivity contribution >= 4 is 5.65 Å². The predicted molar refractivity (Wildman–Crippen MR) is 96.8 cm³/mol. The molecule has 0 bridgehead atoms. The minimum Gasteiger partial charge on any atom is -0.489 e. The van der Waals surface area contributed by atoms with Crippen LogP contribution in [0.5, 0.6) is 5.75 Å². The van der Waals surface area contributed by atoms with Gasteiger partial charge in [-0.05, 0) is 24.6 Å². The number of aryl methyl sites for hydroxylation is 1. The van der Waals surface area contributed by atoms with Crippen LogP contribution >= 0.6 is 0 Å². The summed E-state index contributed by atoms with van der Waals surface area (Å²) in [5.41, 5.74) is 3.50. The fraction of sp³-hybridized carbons (Fsp3) is 0.100. The monoisotopic (exact) mass is 331 g/mol. The number of hydrogen-bond donors (Lipinski definition) is 1. The Labute approximate surface area is 144 Å². The second kappa shape index (κ2) is 6.28. The summed E-state index contributed by atoms with van der Waals surface area (Å²) in [6.07, 6.45) is 1.76. The first-order valence-corrected chi connectivity index (χ1v) is 8.07. The second-order valence-electron chi connectivity index (χ2n) is 5.80.